The number of benzene rings is 3. The summed E-state index contributed by atoms with van der Waals surface area (Å²) in [5.41, 5.74) is 1.78. The Balaban J connectivity index is 1.37. The second-order valence-electron chi connectivity index (χ2n) is 7.94. The molecule has 0 spiro atoms. The number of carbonyl (C=O) groups excluding carboxylic acids is 2. The van der Waals surface area contributed by atoms with Crippen LogP contribution in [-0.4, -0.2) is 16.8 Å². The van der Waals surface area contributed by atoms with Crippen LogP contribution in [-0.2, 0) is 11.2 Å². The fraction of sp³-hybridized carbons (Fsp3) is 0.148. The average Bonchev–Trinajstić information content (AvgIpc) is 3.32. The predicted molar refractivity (Wildman–Crippen MR) is 128 cm³/mol. The molecule has 1 aromatic heterocycles. The van der Waals surface area contributed by atoms with Gasteiger partial charge in [0.25, 0.3) is 5.91 Å². The van der Waals surface area contributed by atoms with Crippen LogP contribution in [0.1, 0.15) is 41.2 Å². The topological polar surface area (TPSA) is 84.2 Å². The van der Waals surface area contributed by atoms with Crippen molar-refractivity contribution in [3.63, 3.8) is 0 Å². The Hall–Kier alpha value is -4.33. The molecule has 0 saturated carbocycles. The second kappa shape index (κ2) is 10.7. The van der Waals surface area contributed by atoms with Gasteiger partial charge in [0.2, 0.25) is 5.91 Å². The summed E-state index contributed by atoms with van der Waals surface area (Å²) in [4.78, 5) is 29.5. The first kappa shape index (κ1) is 23.8. The molecule has 3 aromatic carbocycles. The molecule has 0 saturated heterocycles. The van der Waals surface area contributed by atoms with Crippen molar-refractivity contribution in [2.24, 2.45) is 0 Å². The van der Waals surface area contributed by atoms with Crippen molar-refractivity contribution in [1.82, 2.24) is 10.3 Å². The Labute approximate surface area is 201 Å². The van der Waals surface area contributed by atoms with E-state index in [0.717, 1.165) is 17.7 Å². The third-order valence-electron chi connectivity index (χ3n) is 5.41. The molecule has 0 fully saturated rings. The molecule has 1 heterocycles. The van der Waals surface area contributed by atoms with Gasteiger partial charge in [0.15, 0.2) is 11.7 Å². The maximum absolute atomic E-state index is 14.0. The molecule has 35 heavy (non-hydrogen) atoms. The van der Waals surface area contributed by atoms with Gasteiger partial charge in [-0.25, -0.2) is 13.8 Å². The number of nitrogens with zero attached hydrogens (tertiary/aromatic N) is 1. The number of rotatable bonds is 8. The van der Waals surface area contributed by atoms with E-state index in [4.69, 9.17) is 4.42 Å². The first-order valence-corrected chi connectivity index (χ1v) is 11.1. The fourth-order valence-corrected chi connectivity index (χ4v) is 3.56. The fourth-order valence-electron chi connectivity index (χ4n) is 3.56. The van der Waals surface area contributed by atoms with Gasteiger partial charge in [0, 0.05) is 18.9 Å². The lowest BCUT2D eigenvalue weighted by Crippen LogP contribution is -2.28. The van der Waals surface area contributed by atoms with E-state index in [1.807, 2.05) is 37.3 Å². The zero-order chi connectivity index (χ0) is 24.8. The Morgan fingerprint density at radius 3 is 2.51 bits per heavy atom. The molecule has 0 radical (unpaired) electrons. The maximum Gasteiger partial charge on any atom is 0.253 e. The van der Waals surface area contributed by atoms with Gasteiger partial charge < -0.3 is 15.1 Å². The van der Waals surface area contributed by atoms with Gasteiger partial charge >= 0.3 is 0 Å². The van der Waals surface area contributed by atoms with E-state index in [2.05, 4.69) is 15.6 Å². The molecule has 178 valence electrons. The summed E-state index contributed by atoms with van der Waals surface area (Å²) in [6.07, 6.45) is 1.52. The van der Waals surface area contributed by atoms with Crippen molar-refractivity contribution in [3.8, 4) is 11.3 Å². The van der Waals surface area contributed by atoms with Crippen LogP contribution in [0, 0.1) is 11.6 Å². The third-order valence-corrected chi connectivity index (χ3v) is 5.41. The van der Waals surface area contributed by atoms with Crippen molar-refractivity contribution >= 4 is 17.5 Å². The van der Waals surface area contributed by atoms with Crippen LogP contribution in [0.25, 0.3) is 11.3 Å². The lowest BCUT2D eigenvalue weighted by atomic mass is 10.1. The third kappa shape index (κ3) is 5.97. The van der Waals surface area contributed by atoms with Crippen molar-refractivity contribution in [2.45, 2.75) is 25.8 Å². The lowest BCUT2D eigenvalue weighted by Gasteiger charge is -2.16. The first-order valence-electron chi connectivity index (χ1n) is 11.1. The number of aromatic nitrogens is 1. The van der Waals surface area contributed by atoms with Gasteiger partial charge in [-0.3, -0.25) is 9.59 Å². The number of halogens is 2. The highest BCUT2D eigenvalue weighted by molar-refractivity contribution is 6.03. The number of amides is 2. The van der Waals surface area contributed by atoms with Crippen molar-refractivity contribution in [2.75, 3.05) is 5.32 Å². The van der Waals surface area contributed by atoms with E-state index in [1.165, 1.54) is 12.3 Å². The van der Waals surface area contributed by atoms with E-state index < -0.39 is 11.6 Å². The Morgan fingerprint density at radius 1 is 1.00 bits per heavy atom. The first-order chi connectivity index (χ1) is 16.9. The Bertz CT molecular complexity index is 1340. The summed E-state index contributed by atoms with van der Waals surface area (Å²) in [6, 6.07) is 19.3. The van der Waals surface area contributed by atoms with Crippen molar-refractivity contribution < 1.29 is 22.8 Å². The van der Waals surface area contributed by atoms with Crippen LogP contribution in [0.3, 0.4) is 0 Å². The molecule has 0 aliphatic rings. The van der Waals surface area contributed by atoms with Crippen LogP contribution >= 0.6 is 0 Å². The molecule has 0 unspecified atom stereocenters. The van der Waals surface area contributed by atoms with Gasteiger partial charge in [-0.05, 0) is 36.8 Å². The molecule has 2 amide bonds. The summed E-state index contributed by atoms with van der Waals surface area (Å²) in [7, 11) is 0. The zero-order valence-corrected chi connectivity index (χ0v) is 18.9. The summed E-state index contributed by atoms with van der Waals surface area (Å²) >= 11 is 0. The largest absolute Gasteiger partial charge is 0.441 e. The zero-order valence-electron chi connectivity index (χ0n) is 18.9. The predicted octanol–water partition coefficient (Wildman–Crippen LogP) is 5.68. The van der Waals surface area contributed by atoms with Gasteiger partial charge in [0.05, 0.1) is 29.1 Å². The van der Waals surface area contributed by atoms with Crippen molar-refractivity contribution in [3.05, 3.63) is 108 Å². The number of aryl methyl sites for hydroxylation is 1. The molecule has 1 atom stereocenters. The summed E-state index contributed by atoms with van der Waals surface area (Å²) in [5.74, 6) is -1.72. The minimum Gasteiger partial charge on any atom is -0.441 e. The standard InChI is InChI=1S/C27H23F2N3O3/c1-17(18-7-3-2-4-8-18)31-27(34)21-9-5-6-10-23(21)32-25(33)13-14-26-30-16-24(35-26)20-12-11-19(28)15-22(20)29/h2-12,15-17H,13-14H2,1H3,(H,31,34)(H,32,33)/t17-/m1/s1. The minimum absolute atomic E-state index is 0.0300. The average molecular weight is 475 g/mol. The number of anilines is 1. The van der Waals surface area contributed by atoms with Gasteiger partial charge in [-0.15, -0.1) is 0 Å². The quantitative estimate of drug-likeness (QED) is 0.343. The highest BCUT2D eigenvalue weighted by Crippen LogP contribution is 2.25. The molecule has 2 N–H and O–H groups in total. The molecule has 0 aliphatic heterocycles. The van der Waals surface area contributed by atoms with Gasteiger partial charge in [0.1, 0.15) is 11.6 Å². The Morgan fingerprint density at radius 2 is 1.74 bits per heavy atom. The Kier molecular flexibility index (Phi) is 7.30. The molecule has 8 heteroatoms. The van der Waals surface area contributed by atoms with Crippen molar-refractivity contribution in [1.29, 1.82) is 0 Å². The molecular weight excluding hydrogens is 452 g/mol. The second-order valence-corrected chi connectivity index (χ2v) is 7.94. The van der Waals surface area contributed by atoms with Crippen LogP contribution in [0.4, 0.5) is 14.5 Å². The van der Waals surface area contributed by atoms with E-state index in [9.17, 15) is 18.4 Å². The molecule has 0 aliphatic carbocycles. The van der Waals surface area contributed by atoms with Gasteiger partial charge in [-0.1, -0.05) is 42.5 Å². The minimum atomic E-state index is -0.762. The molecule has 0 bridgehead atoms. The van der Waals surface area contributed by atoms with E-state index in [1.54, 1.807) is 24.3 Å². The molecule has 6 nitrogen and oxygen atoms in total. The number of hydrogen-bond acceptors (Lipinski definition) is 4. The van der Waals surface area contributed by atoms with Gasteiger partial charge in [-0.2, -0.15) is 0 Å². The number of hydrogen-bond donors (Lipinski definition) is 2. The summed E-state index contributed by atoms with van der Waals surface area (Å²) in [6.45, 7) is 1.89. The monoisotopic (exact) mass is 475 g/mol. The van der Waals surface area contributed by atoms with E-state index >= 15 is 0 Å². The smallest absolute Gasteiger partial charge is 0.253 e. The molecule has 4 aromatic rings. The normalized spacial score (nSPS) is 11.6. The molecule has 4 rings (SSSR count). The highest BCUT2D eigenvalue weighted by atomic mass is 19.1. The highest BCUT2D eigenvalue weighted by Gasteiger charge is 2.17. The SMILES string of the molecule is C[C@@H](NC(=O)c1ccccc1NC(=O)CCc1ncc(-c2ccc(F)cc2F)o1)c1ccccc1. The van der Waals surface area contributed by atoms with E-state index in [-0.39, 0.29) is 47.9 Å². The van der Waals surface area contributed by atoms with Crippen LogP contribution in [0.2, 0.25) is 0 Å². The lowest BCUT2D eigenvalue weighted by molar-refractivity contribution is -0.116. The van der Waals surface area contributed by atoms with Crippen LogP contribution in [0.15, 0.2) is 83.4 Å². The summed E-state index contributed by atoms with van der Waals surface area (Å²) < 4.78 is 32.6. The number of nitrogens with one attached hydrogen (secondary N) is 2. The van der Waals surface area contributed by atoms with Crippen LogP contribution < -0.4 is 10.6 Å². The number of carbonyl (C=O) groups is 2. The summed E-state index contributed by atoms with van der Waals surface area (Å²) in [5, 5.41) is 5.70. The number of para-hydroxylation sites is 1. The maximum atomic E-state index is 14.0. The number of oxazole rings is 1. The van der Waals surface area contributed by atoms with Crippen LogP contribution in [0.5, 0.6) is 0 Å². The molecular formula is C27H23F2N3O3. The van der Waals surface area contributed by atoms with E-state index in [0.29, 0.717) is 11.3 Å².